The van der Waals surface area contributed by atoms with Gasteiger partial charge in [0.25, 0.3) is 0 Å². The summed E-state index contributed by atoms with van der Waals surface area (Å²) in [7, 11) is 1.26. The van der Waals surface area contributed by atoms with Crippen LogP contribution in [0.3, 0.4) is 0 Å². The third-order valence-corrected chi connectivity index (χ3v) is 3.65. The summed E-state index contributed by atoms with van der Waals surface area (Å²) < 4.78 is 4.89. The zero-order chi connectivity index (χ0) is 16.2. The van der Waals surface area contributed by atoms with Crippen molar-refractivity contribution in [1.82, 2.24) is 0 Å². The molecule has 112 valence electrons. The van der Waals surface area contributed by atoms with E-state index >= 15 is 0 Å². The topological polar surface area (TPSA) is 104 Å². The second-order valence-corrected chi connectivity index (χ2v) is 5.06. The molecule has 6 nitrogen and oxygen atoms in total. The van der Waals surface area contributed by atoms with Crippen LogP contribution in [-0.4, -0.2) is 34.0 Å². The lowest BCUT2D eigenvalue weighted by Gasteiger charge is -2.21. The number of ketones is 2. The van der Waals surface area contributed by atoms with E-state index in [9.17, 15) is 24.9 Å². The molecular weight excluding hydrogens is 288 g/mol. The molecule has 3 N–H and O–H groups in total. The maximum absolute atomic E-state index is 12.6. The van der Waals surface area contributed by atoms with Crippen molar-refractivity contribution in [3.63, 3.8) is 0 Å². The highest BCUT2D eigenvalue weighted by Crippen LogP contribution is 2.44. The number of phenols is 3. The van der Waals surface area contributed by atoms with E-state index in [4.69, 9.17) is 4.74 Å². The summed E-state index contributed by atoms with van der Waals surface area (Å²) in [4.78, 5) is 25.1. The van der Waals surface area contributed by atoms with Crippen molar-refractivity contribution in [2.45, 2.75) is 6.92 Å². The Kier molecular flexibility index (Phi) is 2.84. The average Bonchev–Trinajstić information content (AvgIpc) is 2.45. The maximum atomic E-state index is 12.6. The van der Waals surface area contributed by atoms with Crippen LogP contribution >= 0.6 is 0 Å². The van der Waals surface area contributed by atoms with Gasteiger partial charge in [-0.05, 0) is 24.6 Å². The summed E-state index contributed by atoms with van der Waals surface area (Å²) in [5.41, 5.74) is -0.261. The van der Waals surface area contributed by atoms with Crippen LogP contribution < -0.4 is 4.74 Å². The molecule has 0 amide bonds. The zero-order valence-corrected chi connectivity index (χ0v) is 11.8. The molecule has 2 aromatic carbocycles. The molecule has 0 fully saturated rings. The minimum absolute atomic E-state index is 0.0158. The van der Waals surface area contributed by atoms with Crippen molar-refractivity contribution < 1.29 is 29.6 Å². The molecular formula is C16H12O6. The summed E-state index contributed by atoms with van der Waals surface area (Å²) in [6.45, 7) is 1.66. The number of hydrogen-bond acceptors (Lipinski definition) is 6. The second-order valence-electron chi connectivity index (χ2n) is 5.06. The Bertz CT molecular complexity index is 850. The van der Waals surface area contributed by atoms with Crippen LogP contribution in [0.4, 0.5) is 0 Å². The SMILES string of the molecule is COc1cc(O)c2c(c1O)C(=O)c1cc(C)cc(O)c1C2=O. The molecule has 0 saturated carbocycles. The van der Waals surface area contributed by atoms with Crippen LogP contribution in [0, 0.1) is 6.92 Å². The third kappa shape index (κ3) is 1.67. The fourth-order valence-corrected chi connectivity index (χ4v) is 2.69. The number of aromatic hydroxyl groups is 3. The molecule has 1 aliphatic carbocycles. The van der Waals surface area contributed by atoms with Crippen molar-refractivity contribution in [3.05, 3.63) is 46.0 Å². The van der Waals surface area contributed by atoms with E-state index in [0.717, 1.165) is 6.07 Å². The van der Waals surface area contributed by atoms with Crippen LogP contribution in [0.15, 0.2) is 18.2 Å². The number of ether oxygens (including phenoxy) is 1. The van der Waals surface area contributed by atoms with Crippen LogP contribution in [-0.2, 0) is 0 Å². The second kappa shape index (κ2) is 4.49. The van der Waals surface area contributed by atoms with Crippen molar-refractivity contribution in [2.24, 2.45) is 0 Å². The van der Waals surface area contributed by atoms with E-state index in [1.807, 2.05) is 0 Å². The minimum atomic E-state index is -0.724. The summed E-state index contributed by atoms with van der Waals surface area (Å²) >= 11 is 0. The molecule has 0 heterocycles. The van der Waals surface area contributed by atoms with Gasteiger partial charge in [-0.1, -0.05) is 0 Å². The lowest BCUT2D eigenvalue weighted by molar-refractivity contribution is 0.0971. The number of phenolic OH excluding ortho intramolecular Hbond substituents is 3. The molecule has 0 aliphatic heterocycles. The van der Waals surface area contributed by atoms with Crippen LogP contribution in [0.5, 0.6) is 23.0 Å². The first-order chi connectivity index (χ1) is 10.4. The monoisotopic (exact) mass is 300 g/mol. The maximum Gasteiger partial charge on any atom is 0.202 e. The number of rotatable bonds is 1. The molecule has 0 atom stereocenters. The van der Waals surface area contributed by atoms with Gasteiger partial charge >= 0.3 is 0 Å². The van der Waals surface area contributed by atoms with Crippen molar-refractivity contribution in [1.29, 1.82) is 0 Å². The van der Waals surface area contributed by atoms with Crippen molar-refractivity contribution in [3.8, 4) is 23.0 Å². The van der Waals surface area contributed by atoms with E-state index in [2.05, 4.69) is 0 Å². The van der Waals surface area contributed by atoms with E-state index < -0.39 is 23.1 Å². The van der Waals surface area contributed by atoms with Crippen molar-refractivity contribution in [2.75, 3.05) is 7.11 Å². The normalized spacial score (nSPS) is 12.8. The van der Waals surface area contributed by atoms with E-state index in [1.54, 1.807) is 6.92 Å². The number of benzene rings is 2. The Labute approximate surface area is 125 Å². The van der Waals surface area contributed by atoms with Gasteiger partial charge in [-0.3, -0.25) is 9.59 Å². The summed E-state index contributed by atoms with van der Waals surface area (Å²) in [5, 5.41) is 30.1. The van der Waals surface area contributed by atoms with Gasteiger partial charge in [-0.25, -0.2) is 0 Å². The summed E-state index contributed by atoms with van der Waals surface area (Å²) in [6, 6.07) is 3.86. The molecule has 1 aliphatic rings. The van der Waals surface area contributed by atoms with Gasteiger partial charge in [0.1, 0.15) is 11.5 Å². The van der Waals surface area contributed by atoms with Gasteiger partial charge in [-0.2, -0.15) is 0 Å². The van der Waals surface area contributed by atoms with Gasteiger partial charge in [-0.15, -0.1) is 0 Å². The first kappa shape index (κ1) is 13.9. The number of hydrogen-bond donors (Lipinski definition) is 3. The number of carbonyl (C=O) groups is 2. The first-order valence-corrected chi connectivity index (χ1v) is 6.42. The fraction of sp³-hybridized carbons (Fsp3) is 0.125. The van der Waals surface area contributed by atoms with Crippen LogP contribution in [0.25, 0.3) is 0 Å². The Morgan fingerprint density at radius 3 is 2.14 bits per heavy atom. The van der Waals surface area contributed by atoms with E-state index in [1.165, 1.54) is 19.2 Å². The van der Waals surface area contributed by atoms with Crippen molar-refractivity contribution >= 4 is 11.6 Å². The number of methoxy groups -OCH3 is 1. The lowest BCUT2D eigenvalue weighted by atomic mass is 9.81. The fourth-order valence-electron chi connectivity index (χ4n) is 2.69. The zero-order valence-electron chi connectivity index (χ0n) is 11.8. The minimum Gasteiger partial charge on any atom is -0.507 e. The highest BCUT2D eigenvalue weighted by Gasteiger charge is 2.37. The highest BCUT2D eigenvalue weighted by molar-refractivity contribution is 6.31. The number of fused-ring (bicyclic) bond motifs is 2. The van der Waals surface area contributed by atoms with Gasteiger partial charge in [0.2, 0.25) is 5.78 Å². The lowest BCUT2D eigenvalue weighted by Crippen LogP contribution is -2.22. The van der Waals surface area contributed by atoms with Gasteiger partial charge < -0.3 is 20.1 Å². The number of carbonyl (C=O) groups excluding carboxylic acids is 2. The molecule has 6 heteroatoms. The molecule has 0 saturated heterocycles. The molecule has 0 radical (unpaired) electrons. The Balaban J connectivity index is 2.41. The average molecular weight is 300 g/mol. The Hall–Kier alpha value is -3.02. The molecule has 0 spiro atoms. The van der Waals surface area contributed by atoms with Crippen LogP contribution in [0.1, 0.15) is 37.4 Å². The predicted octanol–water partition coefficient (Wildman–Crippen LogP) is 1.90. The van der Waals surface area contributed by atoms with E-state index in [-0.39, 0.29) is 33.8 Å². The molecule has 22 heavy (non-hydrogen) atoms. The molecule has 3 rings (SSSR count). The predicted molar refractivity (Wildman–Crippen MR) is 76.0 cm³/mol. The molecule has 0 unspecified atom stereocenters. The standard InChI is InChI=1S/C16H12O6/c1-6-3-7-11(8(17)4-6)16(21)12-9(18)5-10(22-2)15(20)13(12)14(7)19/h3-5,17-18,20H,1-2H3. The highest BCUT2D eigenvalue weighted by atomic mass is 16.5. The molecule has 0 aromatic heterocycles. The largest absolute Gasteiger partial charge is 0.507 e. The molecule has 0 bridgehead atoms. The summed E-state index contributed by atoms with van der Waals surface area (Å²) in [6.07, 6.45) is 0. The smallest absolute Gasteiger partial charge is 0.202 e. The summed E-state index contributed by atoms with van der Waals surface area (Å²) in [5.74, 6) is -2.84. The first-order valence-electron chi connectivity index (χ1n) is 6.42. The van der Waals surface area contributed by atoms with Gasteiger partial charge in [0.05, 0.1) is 23.8 Å². The van der Waals surface area contributed by atoms with Gasteiger partial charge in [0, 0.05) is 11.6 Å². The van der Waals surface area contributed by atoms with E-state index in [0.29, 0.717) is 5.56 Å². The number of aryl methyl sites for hydroxylation is 1. The van der Waals surface area contributed by atoms with Gasteiger partial charge in [0.15, 0.2) is 17.3 Å². The molecule has 2 aromatic rings. The quantitative estimate of drug-likeness (QED) is 0.593. The van der Waals surface area contributed by atoms with Crippen LogP contribution in [0.2, 0.25) is 0 Å². The Morgan fingerprint density at radius 1 is 0.864 bits per heavy atom. The Morgan fingerprint density at radius 2 is 1.50 bits per heavy atom. The third-order valence-electron chi connectivity index (χ3n) is 3.65.